The molecule has 3 nitrogen and oxygen atoms in total. The van der Waals surface area contributed by atoms with Crippen LogP contribution in [0.3, 0.4) is 0 Å². The molecule has 1 rings (SSSR count). The zero-order valence-electron chi connectivity index (χ0n) is 8.47. The van der Waals surface area contributed by atoms with E-state index in [9.17, 15) is 4.79 Å². The number of hydrogen-bond donors (Lipinski definition) is 1. The van der Waals surface area contributed by atoms with Crippen molar-refractivity contribution < 1.29 is 4.79 Å². The molecule has 2 amide bonds. The molecule has 0 bridgehead atoms. The first-order valence-electron chi connectivity index (χ1n) is 4.81. The largest absolute Gasteiger partial charge is 0.324 e. The lowest BCUT2D eigenvalue weighted by molar-refractivity contribution is 0.172. The molecule has 0 radical (unpaired) electrons. The molecule has 0 aromatic rings. The lowest BCUT2D eigenvalue weighted by Crippen LogP contribution is -2.44. The van der Waals surface area contributed by atoms with E-state index in [1.165, 1.54) is 6.42 Å². The van der Waals surface area contributed by atoms with Crippen molar-refractivity contribution in [1.82, 2.24) is 10.2 Å². The van der Waals surface area contributed by atoms with Crippen LogP contribution in [0.25, 0.3) is 0 Å². The zero-order chi connectivity index (χ0) is 9.84. The molecule has 1 fully saturated rings. The van der Waals surface area contributed by atoms with Crippen molar-refractivity contribution in [2.24, 2.45) is 5.92 Å². The minimum Gasteiger partial charge on any atom is -0.324 e. The fourth-order valence-electron chi connectivity index (χ4n) is 1.64. The maximum absolute atomic E-state index is 11.5. The fraction of sp³-hybridized carbons (Fsp3) is 0.700. The molecule has 0 saturated carbocycles. The second kappa shape index (κ2) is 4.30. The van der Waals surface area contributed by atoms with Crippen LogP contribution < -0.4 is 5.32 Å². The maximum Gasteiger partial charge on any atom is 0.321 e. The van der Waals surface area contributed by atoms with Gasteiger partial charge in [-0.3, -0.25) is 0 Å². The van der Waals surface area contributed by atoms with Gasteiger partial charge in [0.2, 0.25) is 0 Å². The quantitative estimate of drug-likeness (QED) is 0.660. The molecular formula is C10H18N2O. The third-order valence-electron chi connectivity index (χ3n) is 2.26. The number of carbonyl (C=O) groups is 1. The lowest BCUT2D eigenvalue weighted by atomic mass is 10.0. The van der Waals surface area contributed by atoms with Gasteiger partial charge in [-0.1, -0.05) is 13.5 Å². The van der Waals surface area contributed by atoms with E-state index in [1.807, 2.05) is 4.90 Å². The van der Waals surface area contributed by atoms with Gasteiger partial charge in [0.25, 0.3) is 0 Å². The summed E-state index contributed by atoms with van der Waals surface area (Å²) < 4.78 is 0. The average molecular weight is 182 g/mol. The van der Waals surface area contributed by atoms with Crippen LogP contribution in [0, 0.1) is 5.92 Å². The second-order valence-corrected chi connectivity index (χ2v) is 3.90. The van der Waals surface area contributed by atoms with Crippen LogP contribution in [0.1, 0.15) is 26.7 Å². The van der Waals surface area contributed by atoms with Crippen LogP contribution in [0.2, 0.25) is 0 Å². The van der Waals surface area contributed by atoms with Crippen molar-refractivity contribution in [3.8, 4) is 0 Å². The summed E-state index contributed by atoms with van der Waals surface area (Å²) >= 11 is 0. The summed E-state index contributed by atoms with van der Waals surface area (Å²) in [6, 6.07) is -0.000880. The van der Waals surface area contributed by atoms with Crippen molar-refractivity contribution >= 4 is 6.03 Å². The Labute approximate surface area is 79.8 Å². The molecular weight excluding hydrogens is 164 g/mol. The van der Waals surface area contributed by atoms with Crippen LogP contribution >= 0.6 is 0 Å². The van der Waals surface area contributed by atoms with E-state index < -0.39 is 0 Å². The molecule has 1 aliphatic rings. The van der Waals surface area contributed by atoms with E-state index in [1.54, 1.807) is 6.92 Å². The molecule has 1 N–H and O–H groups in total. The maximum atomic E-state index is 11.5. The Morgan fingerprint density at radius 2 is 2.31 bits per heavy atom. The Hall–Kier alpha value is -0.990. The number of urea groups is 1. The molecule has 13 heavy (non-hydrogen) atoms. The van der Waals surface area contributed by atoms with Gasteiger partial charge in [0.15, 0.2) is 0 Å². The molecule has 1 atom stereocenters. The highest BCUT2D eigenvalue weighted by molar-refractivity contribution is 5.75. The van der Waals surface area contributed by atoms with Gasteiger partial charge in [-0.05, 0) is 25.7 Å². The zero-order valence-corrected chi connectivity index (χ0v) is 8.47. The predicted octanol–water partition coefficient (Wildman–Crippen LogP) is 1.96. The van der Waals surface area contributed by atoms with Gasteiger partial charge in [-0.2, -0.15) is 0 Å². The monoisotopic (exact) mass is 182 g/mol. The average Bonchev–Trinajstić information content (AvgIpc) is 2.03. The number of nitrogens with one attached hydrogen (secondary N) is 1. The van der Waals surface area contributed by atoms with Crippen LogP contribution in [0.15, 0.2) is 12.3 Å². The molecule has 0 aliphatic carbocycles. The van der Waals surface area contributed by atoms with E-state index in [0.717, 1.165) is 19.5 Å². The fourth-order valence-corrected chi connectivity index (χ4v) is 1.64. The van der Waals surface area contributed by atoms with E-state index in [4.69, 9.17) is 0 Å². The van der Waals surface area contributed by atoms with Gasteiger partial charge in [-0.25, -0.2) is 4.79 Å². The third-order valence-corrected chi connectivity index (χ3v) is 2.26. The molecule has 1 aliphatic heterocycles. The highest BCUT2D eigenvalue weighted by Crippen LogP contribution is 2.15. The van der Waals surface area contributed by atoms with E-state index in [2.05, 4.69) is 18.8 Å². The van der Waals surface area contributed by atoms with Crippen molar-refractivity contribution in [3.05, 3.63) is 12.3 Å². The molecule has 0 aromatic carbocycles. The van der Waals surface area contributed by atoms with E-state index in [-0.39, 0.29) is 6.03 Å². The van der Waals surface area contributed by atoms with Crippen molar-refractivity contribution in [3.63, 3.8) is 0 Å². The summed E-state index contributed by atoms with van der Waals surface area (Å²) in [6.07, 6.45) is 2.35. The summed E-state index contributed by atoms with van der Waals surface area (Å²) in [6.45, 7) is 9.38. The number of likely N-dealkylation sites (tertiary alicyclic amines) is 1. The summed E-state index contributed by atoms with van der Waals surface area (Å²) in [5.74, 6) is 0.629. The van der Waals surface area contributed by atoms with Crippen LogP contribution in [0.4, 0.5) is 4.79 Å². The summed E-state index contributed by atoms with van der Waals surface area (Å²) in [5, 5.41) is 2.73. The smallest absolute Gasteiger partial charge is 0.321 e. The summed E-state index contributed by atoms with van der Waals surface area (Å²) in [4.78, 5) is 13.4. The Morgan fingerprint density at radius 1 is 1.62 bits per heavy atom. The Bertz CT molecular complexity index is 213. The van der Waals surface area contributed by atoms with Crippen molar-refractivity contribution in [1.29, 1.82) is 0 Å². The number of hydrogen-bond acceptors (Lipinski definition) is 1. The highest BCUT2D eigenvalue weighted by atomic mass is 16.2. The molecule has 1 heterocycles. The number of carbonyl (C=O) groups excluding carboxylic acids is 1. The molecule has 0 aromatic heterocycles. The van der Waals surface area contributed by atoms with Crippen LogP contribution in [-0.2, 0) is 0 Å². The third kappa shape index (κ3) is 3.09. The molecule has 1 saturated heterocycles. The van der Waals surface area contributed by atoms with Gasteiger partial charge >= 0.3 is 6.03 Å². The SMILES string of the molecule is C=C(C)NC(=O)N1CCCC(C)C1. The first kappa shape index (κ1) is 10.1. The number of allylic oxidation sites excluding steroid dienone is 1. The summed E-state index contributed by atoms with van der Waals surface area (Å²) in [7, 11) is 0. The van der Waals surface area contributed by atoms with E-state index >= 15 is 0 Å². The van der Waals surface area contributed by atoms with Gasteiger partial charge < -0.3 is 10.2 Å². The molecule has 3 heteroatoms. The van der Waals surface area contributed by atoms with Crippen molar-refractivity contribution in [2.45, 2.75) is 26.7 Å². The van der Waals surface area contributed by atoms with Gasteiger partial charge in [-0.15, -0.1) is 0 Å². The van der Waals surface area contributed by atoms with E-state index in [0.29, 0.717) is 11.6 Å². The molecule has 1 unspecified atom stereocenters. The first-order valence-corrected chi connectivity index (χ1v) is 4.81. The lowest BCUT2D eigenvalue weighted by Gasteiger charge is -2.30. The summed E-state index contributed by atoms with van der Waals surface area (Å²) in [5.41, 5.74) is 0.711. The Morgan fingerprint density at radius 3 is 2.85 bits per heavy atom. The number of piperidine rings is 1. The van der Waals surface area contributed by atoms with Gasteiger partial charge in [0, 0.05) is 18.8 Å². The van der Waals surface area contributed by atoms with Crippen LogP contribution in [0.5, 0.6) is 0 Å². The first-order chi connectivity index (χ1) is 6.09. The Kier molecular flexibility index (Phi) is 3.34. The normalized spacial score (nSPS) is 22.6. The topological polar surface area (TPSA) is 32.3 Å². The Balaban J connectivity index is 2.41. The van der Waals surface area contributed by atoms with Gasteiger partial charge in [0.05, 0.1) is 0 Å². The number of amides is 2. The number of rotatable bonds is 1. The van der Waals surface area contributed by atoms with Crippen LogP contribution in [-0.4, -0.2) is 24.0 Å². The minimum atomic E-state index is -0.000880. The molecule has 0 spiro atoms. The highest BCUT2D eigenvalue weighted by Gasteiger charge is 2.20. The number of nitrogens with zero attached hydrogens (tertiary/aromatic N) is 1. The second-order valence-electron chi connectivity index (χ2n) is 3.90. The predicted molar refractivity (Wildman–Crippen MR) is 53.3 cm³/mol. The minimum absolute atomic E-state index is 0.000880. The molecule has 74 valence electrons. The standard InChI is InChI=1S/C10H18N2O/c1-8(2)11-10(13)12-6-4-5-9(3)7-12/h9H,1,4-7H2,2-3H3,(H,11,13). The van der Waals surface area contributed by atoms with Gasteiger partial charge in [0.1, 0.15) is 0 Å². The van der Waals surface area contributed by atoms with Crippen molar-refractivity contribution in [2.75, 3.05) is 13.1 Å².